The first-order valence-electron chi connectivity index (χ1n) is 4.17. The molecule has 0 spiro atoms. The van der Waals surface area contributed by atoms with Crippen LogP contribution in [0.5, 0.6) is 0 Å². The van der Waals surface area contributed by atoms with Crippen LogP contribution in [0, 0.1) is 0 Å². The van der Waals surface area contributed by atoms with Crippen molar-refractivity contribution < 1.29 is 9.90 Å². The summed E-state index contributed by atoms with van der Waals surface area (Å²) in [5.41, 5.74) is 6.41. The van der Waals surface area contributed by atoms with Gasteiger partial charge >= 0.3 is 5.97 Å². The van der Waals surface area contributed by atoms with Crippen LogP contribution in [0.4, 0.5) is 5.82 Å². The fourth-order valence-electron chi connectivity index (χ4n) is 1.12. The van der Waals surface area contributed by atoms with Gasteiger partial charge in [-0.1, -0.05) is 13.3 Å². The summed E-state index contributed by atoms with van der Waals surface area (Å²) < 4.78 is 1.30. The number of anilines is 1. The average Bonchev–Trinajstić information content (AvgIpc) is 2.31. The summed E-state index contributed by atoms with van der Waals surface area (Å²) in [4.78, 5) is 10.4. The van der Waals surface area contributed by atoms with Gasteiger partial charge in [0.25, 0.3) is 0 Å². The zero-order valence-corrected chi connectivity index (χ0v) is 7.53. The molecule has 72 valence electrons. The van der Waals surface area contributed by atoms with Crippen molar-refractivity contribution in [2.24, 2.45) is 0 Å². The van der Waals surface area contributed by atoms with Crippen LogP contribution in [-0.2, 0) is 17.8 Å². The number of aliphatic carboxylic acids is 1. The molecule has 0 saturated carbocycles. The summed E-state index contributed by atoms with van der Waals surface area (Å²) in [5.74, 6) is -0.524. The number of nitrogens with two attached hydrogens (primary N) is 1. The number of carboxylic acid groups (broad SMARTS) is 1. The standard InChI is InChI=1S/C8H13N3O2/c1-2-3-6-4-7(9)11(10-6)5-8(12)13/h4H,2-3,5,9H2,1H3,(H,12,13). The van der Waals surface area contributed by atoms with E-state index in [1.54, 1.807) is 6.07 Å². The van der Waals surface area contributed by atoms with Gasteiger partial charge in [0.15, 0.2) is 0 Å². The molecule has 0 aliphatic carbocycles. The predicted octanol–water partition coefficient (Wildman–Crippen LogP) is 0.502. The second-order valence-electron chi connectivity index (χ2n) is 2.86. The van der Waals surface area contributed by atoms with Gasteiger partial charge in [-0.2, -0.15) is 5.10 Å². The van der Waals surface area contributed by atoms with E-state index in [-0.39, 0.29) is 6.54 Å². The zero-order chi connectivity index (χ0) is 9.84. The highest BCUT2D eigenvalue weighted by atomic mass is 16.4. The Morgan fingerprint density at radius 1 is 1.77 bits per heavy atom. The molecular weight excluding hydrogens is 170 g/mol. The van der Waals surface area contributed by atoms with Gasteiger partial charge in [-0.25, -0.2) is 4.68 Å². The molecule has 5 nitrogen and oxygen atoms in total. The number of nitrogen functional groups attached to an aromatic ring is 1. The Balaban J connectivity index is 2.77. The van der Waals surface area contributed by atoms with E-state index in [9.17, 15) is 4.79 Å². The van der Waals surface area contributed by atoms with Crippen LogP contribution in [0.3, 0.4) is 0 Å². The molecule has 0 atom stereocenters. The van der Waals surface area contributed by atoms with Crippen molar-refractivity contribution >= 4 is 11.8 Å². The number of aromatic nitrogens is 2. The Labute approximate surface area is 76.2 Å². The Morgan fingerprint density at radius 2 is 2.46 bits per heavy atom. The second-order valence-corrected chi connectivity index (χ2v) is 2.86. The van der Waals surface area contributed by atoms with Crippen LogP contribution in [0.2, 0.25) is 0 Å². The van der Waals surface area contributed by atoms with Crippen molar-refractivity contribution in [1.29, 1.82) is 0 Å². The van der Waals surface area contributed by atoms with Crippen LogP contribution in [0.15, 0.2) is 6.07 Å². The lowest BCUT2D eigenvalue weighted by molar-refractivity contribution is -0.137. The van der Waals surface area contributed by atoms with Crippen LogP contribution in [-0.4, -0.2) is 20.9 Å². The van der Waals surface area contributed by atoms with Crippen molar-refractivity contribution in [2.75, 3.05) is 5.73 Å². The van der Waals surface area contributed by atoms with Gasteiger partial charge in [0.05, 0.1) is 5.69 Å². The van der Waals surface area contributed by atoms with Crippen molar-refractivity contribution in [3.63, 3.8) is 0 Å². The number of nitrogens with zero attached hydrogens (tertiary/aromatic N) is 2. The maximum absolute atomic E-state index is 10.4. The molecule has 0 bridgehead atoms. The first-order valence-corrected chi connectivity index (χ1v) is 4.17. The fraction of sp³-hybridized carbons (Fsp3) is 0.500. The number of hydrogen-bond acceptors (Lipinski definition) is 3. The maximum atomic E-state index is 10.4. The SMILES string of the molecule is CCCc1cc(N)n(CC(=O)O)n1. The monoisotopic (exact) mass is 183 g/mol. The number of hydrogen-bond donors (Lipinski definition) is 2. The van der Waals surface area contributed by atoms with E-state index in [1.807, 2.05) is 6.92 Å². The summed E-state index contributed by atoms with van der Waals surface area (Å²) in [6.45, 7) is 1.86. The molecule has 1 aromatic rings. The first-order chi connectivity index (χ1) is 6.13. The molecule has 13 heavy (non-hydrogen) atoms. The number of rotatable bonds is 4. The van der Waals surface area contributed by atoms with Crippen molar-refractivity contribution in [2.45, 2.75) is 26.3 Å². The largest absolute Gasteiger partial charge is 0.480 e. The van der Waals surface area contributed by atoms with E-state index < -0.39 is 5.97 Å². The van der Waals surface area contributed by atoms with Crippen molar-refractivity contribution in [3.8, 4) is 0 Å². The van der Waals surface area contributed by atoms with Crippen LogP contribution >= 0.6 is 0 Å². The normalized spacial score (nSPS) is 10.2. The Hall–Kier alpha value is -1.52. The third-order valence-corrected chi connectivity index (χ3v) is 1.65. The minimum absolute atomic E-state index is 0.171. The van der Waals surface area contributed by atoms with Crippen LogP contribution in [0.25, 0.3) is 0 Å². The molecule has 1 rings (SSSR count). The summed E-state index contributed by atoms with van der Waals surface area (Å²) in [6.07, 6.45) is 1.81. The lowest BCUT2D eigenvalue weighted by Crippen LogP contribution is -2.12. The highest BCUT2D eigenvalue weighted by Gasteiger charge is 2.06. The third kappa shape index (κ3) is 2.47. The fourth-order valence-corrected chi connectivity index (χ4v) is 1.12. The summed E-state index contributed by atoms with van der Waals surface area (Å²) in [6, 6.07) is 1.71. The van der Waals surface area contributed by atoms with E-state index in [0.717, 1.165) is 18.5 Å². The molecule has 0 radical (unpaired) electrons. The minimum atomic E-state index is -0.933. The van der Waals surface area contributed by atoms with Gasteiger partial charge in [0.1, 0.15) is 12.4 Å². The maximum Gasteiger partial charge on any atom is 0.325 e. The molecule has 1 heterocycles. The van der Waals surface area contributed by atoms with Gasteiger partial charge in [-0.3, -0.25) is 4.79 Å². The Kier molecular flexibility index (Phi) is 2.89. The third-order valence-electron chi connectivity index (χ3n) is 1.65. The van der Waals surface area contributed by atoms with Crippen LogP contribution in [0.1, 0.15) is 19.0 Å². The van der Waals surface area contributed by atoms with E-state index in [0.29, 0.717) is 5.82 Å². The first kappa shape index (κ1) is 9.57. The topological polar surface area (TPSA) is 81.1 Å². The number of aryl methyl sites for hydroxylation is 1. The molecule has 1 aromatic heterocycles. The molecule has 0 aromatic carbocycles. The van der Waals surface area contributed by atoms with E-state index in [1.165, 1.54) is 4.68 Å². The smallest absolute Gasteiger partial charge is 0.325 e. The molecule has 0 aliphatic heterocycles. The Morgan fingerprint density at radius 3 is 3.00 bits per heavy atom. The van der Waals surface area contributed by atoms with Crippen molar-refractivity contribution in [1.82, 2.24) is 9.78 Å². The number of carbonyl (C=O) groups is 1. The lowest BCUT2D eigenvalue weighted by atomic mass is 10.2. The number of carboxylic acids is 1. The quantitative estimate of drug-likeness (QED) is 0.712. The molecule has 0 aliphatic rings. The lowest BCUT2D eigenvalue weighted by Gasteiger charge is -1.97. The zero-order valence-electron chi connectivity index (χ0n) is 7.53. The molecule has 0 unspecified atom stereocenters. The molecule has 0 saturated heterocycles. The summed E-state index contributed by atoms with van der Waals surface area (Å²) in [7, 11) is 0. The van der Waals surface area contributed by atoms with Gasteiger partial charge in [-0.15, -0.1) is 0 Å². The highest BCUT2D eigenvalue weighted by molar-refractivity contribution is 5.67. The van der Waals surface area contributed by atoms with Gasteiger partial charge in [0, 0.05) is 6.07 Å². The van der Waals surface area contributed by atoms with E-state index in [2.05, 4.69) is 5.10 Å². The van der Waals surface area contributed by atoms with Gasteiger partial charge in [-0.05, 0) is 6.42 Å². The molecule has 3 N–H and O–H groups in total. The van der Waals surface area contributed by atoms with Crippen LogP contribution < -0.4 is 5.73 Å². The summed E-state index contributed by atoms with van der Waals surface area (Å²) >= 11 is 0. The molecule has 0 fully saturated rings. The van der Waals surface area contributed by atoms with Gasteiger partial charge < -0.3 is 10.8 Å². The highest BCUT2D eigenvalue weighted by Crippen LogP contribution is 2.07. The average molecular weight is 183 g/mol. The second kappa shape index (κ2) is 3.93. The predicted molar refractivity (Wildman–Crippen MR) is 48.3 cm³/mol. The molecule has 0 amide bonds. The summed E-state index contributed by atoms with van der Waals surface area (Å²) in [5, 5.41) is 12.6. The van der Waals surface area contributed by atoms with E-state index in [4.69, 9.17) is 10.8 Å². The Bertz CT molecular complexity index is 306. The van der Waals surface area contributed by atoms with Gasteiger partial charge in [0.2, 0.25) is 0 Å². The minimum Gasteiger partial charge on any atom is -0.480 e. The molecular formula is C8H13N3O2. The van der Waals surface area contributed by atoms with E-state index >= 15 is 0 Å². The molecule has 5 heteroatoms. The van der Waals surface area contributed by atoms with Crippen molar-refractivity contribution in [3.05, 3.63) is 11.8 Å².